The molecule has 0 radical (unpaired) electrons. The van der Waals surface area contributed by atoms with Gasteiger partial charge >= 0.3 is 0 Å². The fourth-order valence-electron chi connectivity index (χ4n) is 1.99. The van der Waals surface area contributed by atoms with Crippen LogP contribution in [0.5, 0.6) is 0 Å². The van der Waals surface area contributed by atoms with E-state index < -0.39 is 0 Å². The van der Waals surface area contributed by atoms with E-state index in [4.69, 9.17) is 0 Å². The highest BCUT2D eigenvalue weighted by molar-refractivity contribution is 5.63. The molecule has 0 fully saturated rings. The van der Waals surface area contributed by atoms with E-state index in [1.54, 1.807) is 0 Å². The Morgan fingerprint density at radius 2 is 1.35 bits per heavy atom. The summed E-state index contributed by atoms with van der Waals surface area (Å²) in [6.45, 7) is 13.2. The molecule has 0 aliphatic carbocycles. The van der Waals surface area contributed by atoms with Gasteiger partial charge in [0.2, 0.25) is 0 Å². The minimum Gasteiger partial charge on any atom is -0.353 e. The minimum atomic E-state index is 0.0660. The lowest BCUT2D eigenvalue weighted by Gasteiger charge is -2.44. The fourth-order valence-corrected chi connectivity index (χ4v) is 1.99. The highest BCUT2D eigenvalue weighted by atomic mass is 15.3. The number of rotatable bonds is 2. The van der Waals surface area contributed by atoms with Gasteiger partial charge in [0.15, 0.2) is 0 Å². The Labute approximate surface area is 105 Å². The van der Waals surface area contributed by atoms with Gasteiger partial charge in [0.05, 0.1) is 12.0 Å². The maximum atomic E-state index is 4.54. The third-order valence-electron chi connectivity index (χ3n) is 2.52. The standard InChI is InChI=1S/C15H24N2/c1-14(2,3)17(15(4,5)6)12-16-13-10-8-7-9-11-13/h7-12H,1-6H3. The maximum Gasteiger partial charge on any atom is 0.0921 e. The Morgan fingerprint density at radius 1 is 0.882 bits per heavy atom. The summed E-state index contributed by atoms with van der Waals surface area (Å²) >= 11 is 0. The number of hydrogen-bond donors (Lipinski definition) is 0. The van der Waals surface area contributed by atoms with Crippen LogP contribution in [0.1, 0.15) is 41.5 Å². The van der Waals surface area contributed by atoms with Gasteiger partial charge in [0.1, 0.15) is 0 Å². The molecule has 0 atom stereocenters. The normalized spacial score (nSPS) is 13.1. The molecule has 0 N–H and O–H groups in total. The Kier molecular flexibility index (Phi) is 3.97. The first-order valence-corrected chi connectivity index (χ1v) is 6.10. The molecular formula is C15H24N2. The molecule has 17 heavy (non-hydrogen) atoms. The third kappa shape index (κ3) is 4.22. The van der Waals surface area contributed by atoms with Crippen LogP contribution in [0.2, 0.25) is 0 Å². The van der Waals surface area contributed by atoms with Gasteiger partial charge in [-0.05, 0) is 53.7 Å². The third-order valence-corrected chi connectivity index (χ3v) is 2.52. The van der Waals surface area contributed by atoms with Gasteiger partial charge in [0, 0.05) is 11.1 Å². The van der Waals surface area contributed by atoms with Crippen molar-refractivity contribution in [3.05, 3.63) is 30.3 Å². The smallest absolute Gasteiger partial charge is 0.0921 e. The van der Waals surface area contributed by atoms with Crippen molar-refractivity contribution in [2.75, 3.05) is 0 Å². The van der Waals surface area contributed by atoms with E-state index in [1.807, 2.05) is 36.7 Å². The summed E-state index contributed by atoms with van der Waals surface area (Å²) in [7, 11) is 0. The Hall–Kier alpha value is -1.31. The first-order chi connectivity index (χ1) is 7.71. The number of aliphatic imine (C=N–C) groups is 1. The van der Waals surface area contributed by atoms with Crippen molar-refractivity contribution in [1.29, 1.82) is 0 Å². The molecule has 0 amide bonds. The highest BCUT2D eigenvalue weighted by Gasteiger charge is 2.28. The van der Waals surface area contributed by atoms with Crippen LogP contribution in [0.4, 0.5) is 5.69 Å². The zero-order valence-electron chi connectivity index (χ0n) is 11.9. The summed E-state index contributed by atoms with van der Waals surface area (Å²) in [5.41, 5.74) is 1.12. The second kappa shape index (κ2) is 4.91. The van der Waals surface area contributed by atoms with E-state index in [9.17, 15) is 0 Å². The largest absolute Gasteiger partial charge is 0.353 e. The van der Waals surface area contributed by atoms with Crippen LogP contribution in [-0.4, -0.2) is 22.3 Å². The topological polar surface area (TPSA) is 15.6 Å². The minimum absolute atomic E-state index is 0.0660. The van der Waals surface area contributed by atoms with Gasteiger partial charge in [-0.1, -0.05) is 18.2 Å². The molecule has 0 aliphatic rings. The summed E-state index contributed by atoms with van der Waals surface area (Å²) in [5.74, 6) is 0. The fraction of sp³-hybridized carbons (Fsp3) is 0.533. The van der Waals surface area contributed by atoms with Gasteiger partial charge in [-0.15, -0.1) is 0 Å². The molecular weight excluding hydrogens is 208 g/mol. The van der Waals surface area contributed by atoms with Crippen LogP contribution < -0.4 is 0 Å². The van der Waals surface area contributed by atoms with Crippen LogP contribution in [0, 0.1) is 0 Å². The lowest BCUT2D eigenvalue weighted by Crippen LogP contribution is -2.51. The molecule has 1 rings (SSSR count). The number of nitrogens with zero attached hydrogens (tertiary/aromatic N) is 2. The van der Waals surface area contributed by atoms with E-state index in [-0.39, 0.29) is 11.1 Å². The molecule has 2 nitrogen and oxygen atoms in total. The predicted octanol–water partition coefficient (Wildman–Crippen LogP) is 4.25. The molecule has 0 heterocycles. The van der Waals surface area contributed by atoms with Crippen molar-refractivity contribution in [3.63, 3.8) is 0 Å². The number of para-hydroxylation sites is 1. The van der Waals surface area contributed by atoms with Crippen LogP contribution in [-0.2, 0) is 0 Å². The SMILES string of the molecule is CC(C)(C)N(C=Nc1ccccc1)C(C)(C)C. The van der Waals surface area contributed by atoms with Gasteiger partial charge < -0.3 is 4.90 Å². The van der Waals surface area contributed by atoms with Crippen molar-refractivity contribution in [2.24, 2.45) is 4.99 Å². The van der Waals surface area contributed by atoms with Crippen molar-refractivity contribution >= 4 is 12.0 Å². The second-order valence-electron chi connectivity index (χ2n) is 6.29. The average Bonchev–Trinajstić information content (AvgIpc) is 2.15. The Morgan fingerprint density at radius 3 is 1.76 bits per heavy atom. The van der Waals surface area contributed by atoms with Crippen molar-refractivity contribution in [3.8, 4) is 0 Å². The van der Waals surface area contributed by atoms with Crippen LogP contribution in [0.25, 0.3) is 0 Å². The quantitative estimate of drug-likeness (QED) is 0.550. The molecule has 0 unspecified atom stereocenters. The first kappa shape index (κ1) is 13.8. The van der Waals surface area contributed by atoms with Gasteiger partial charge in [-0.3, -0.25) is 0 Å². The molecule has 94 valence electrons. The van der Waals surface area contributed by atoms with Crippen LogP contribution in [0.15, 0.2) is 35.3 Å². The summed E-state index contributed by atoms with van der Waals surface area (Å²) in [6, 6.07) is 10.0. The zero-order chi connectivity index (χ0) is 13.1. The van der Waals surface area contributed by atoms with E-state index in [0.29, 0.717) is 0 Å². The summed E-state index contributed by atoms with van der Waals surface area (Å²) in [4.78, 5) is 6.83. The van der Waals surface area contributed by atoms with E-state index >= 15 is 0 Å². The molecule has 0 aliphatic heterocycles. The summed E-state index contributed by atoms with van der Waals surface area (Å²) < 4.78 is 0. The second-order valence-corrected chi connectivity index (χ2v) is 6.29. The first-order valence-electron chi connectivity index (χ1n) is 6.10. The van der Waals surface area contributed by atoms with E-state index in [1.165, 1.54) is 0 Å². The Bertz CT molecular complexity index is 352. The van der Waals surface area contributed by atoms with Crippen molar-refractivity contribution in [1.82, 2.24) is 4.90 Å². The molecule has 0 saturated heterocycles. The van der Waals surface area contributed by atoms with E-state index in [2.05, 4.69) is 51.4 Å². The maximum absolute atomic E-state index is 4.54. The highest BCUT2D eigenvalue weighted by Crippen LogP contribution is 2.23. The van der Waals surface area contributed by atoms with Crippen LogP contribution in [0.3, 0.4) is 0 Å². The Balaban J connectivity index is 2.92. The summed E-state index contributed by atoms with van der Waals surface area (Å²) in [6.07, 6.45) is 1.95. The van der Waals surface area contributed by atoms with E-state index in [0.717, 1.165) is 5.69 Å². The van der Waals surface area contributed by atoms with Crippen LogP contribution >= 0.6 is 0 Å². The van der Waals surface area contributed by atoms with Gasteiger partial charge in [0.25, 0.3) is 0 Å². The molecule has 0 saturated carbocycles. The molecule has 0 bridgehead atoms. The molecule has 1 aromatic carbocycles. The monoisotopic (exact) mass is 232 g/mol. The van der Waals surface area contributed by atoms with Gasteiger partial charge in [-0.25, -0.2) is 4.99 Å². The van der Waals surface area contributed by atoms with Gasteiger partial charge in [-0.2, -0.15) is 0 Å². The lowest BCUT2D eigenvalue weighted by molar-refractivity contribution is 0.131. The molecule has 0 spiro atoms. The number of hydrogen-bond acceptors (Lipinski definition) is 1. The average molecular weight is 232 g/mol. The zero-order valence-corrected chi connectivity index (χ0v) is 11.9. The van der Waals surface area contributed by atoms with Crippen molar-refractivity contribution < 1.29 is 0 Å². The lowest BCUT2D eigenvalue weighted by atomic mass is 9.97. The summed E-state index contributed by atoms with van der Waals surface area (Å²) in [5, 5.41) is 0. The molecule has 2 heteroatoms. The molecule has 1 aromatic rings. The number of benzene rings is 1. The molecule has 0 aromatic heterocycles. The van der Waals surface area contributed by atoms with Crippen molar-refractivity contribution in [2.45, 2.75) is 52.6 Å². The predicted molar refractivity (Wildman–Crippen MR) is 75.9 cm³/mol.